The van der Waals surface area contributed by atoms with E-state index in [0.29, 0.717) is 6.42 Å². The van der Waals surface area contributed by atoms with Gasteiger partial charge in [0.15, 0.2) is 0 Å². The molecule has 1 N–H and O–H groups in total. The van der Waals surface area contributed by atoms with E-state index in [-0.39, 0.29) is 10.6 Å². The fourth-order valence-corrected chi connectivity index (χ4v) is 2.23. The molecule has 20 heavy (non-hydrogen) atoms. The molecule has 0 atom stereocenters. The Morgan fingerprint density at radius 2 is 1.95 bits per heavy atom. The molecule has 5 nitrogen and oxygen atoms in total. The van der Waals surface area contributed by atoms with Gasteiger partial charge in [0.25, 0.3) is 5.69 Å². The molecule has 0 aliphatic heterocycles. The highest BCUT2D eigenvalue weighted by Crippen LogP contribution is 2.17. The van der Waals surface area contributed by atoms with Gasteiger partial charge in [-0.15, -0.1) is 0 Å². The minimum Gasteiger partial charge on any atom is -0.315 e. The van der Waals surface area contributed by atoms with Crippen molar-refractivity contribution in [2.24, 2.45) is 0 Å². The van der Waals surface area contributed by atoms with E-state index in [2.05, 4.69) is 24.1 Å². The third-order valence-electron chi connectivity index (χ3n) is 3.35. The molecule has 0 aliphatic rings. The maximum Gasteiger partial charge on any atom is 0.272 e. The zero-order valence-corrected chi connectivity index (χ0v) is 12.5. The molecule has 112 valence electrons. The van der Waals surface area contributed by atoms with Crippen LogP contribution in [0, 0.1) is 10.1 Å². The maximum absolute atomic E-state index is 10.9. The van der Waals surface area contributed by atoms with Gasteiger partial charge in [-0.3, -0.25) is 10.1 Å². The highest BCUT2D eigenvalue weighted by Gasteiger charge is 2.11. The largest absolute Gasteiger partial charge is 0.315 e. The van der Waals surface area contributed by atoms with Crippen LogP contribution in [0.2, 0.25) is 0 Å². The average molecular weight is 279 g/mol. The number of hydrogen-bond acceptors (Lipinski definition) is 4. The molecule has 1 aromatic rings. The number of likely N-dealkylation sites (N-methyl/N-ethyl adjacent to an activating group) is 1. The van der Waals surface area contributed by atoms with Crippen LogP contribution in [0.3, 0.4) is 0 Å². The van der Waals surface area contributed by atoms with E-state index < -0.39 is 0 Å². The lowest BCUT2D eigenvalue weighted by Gasteiger charge is -2.19. The van der Waals surface area contributed by atoms with Crippen molar-refractivity contribution in [1.29, 1.82) is 0 Å². The monoisotopic (exact) mass is 279 g/mol. The highest BCUT2D eigenvalue weighted by atomic mass is 16.6. The van der Waals surface area contributed by atoms with Crippen molar-refractivity contribution in [3.63, 3.8) is 0 Å². The van der Waals surface area contributed by atoms with Crippen LogP contribution >= 0.6 is 0 Å². The van der Waals surface area contributed by atoms with Crippen molar-refractivity contribution in [2.45, 2.75) is 26.7 Å². The van der Waals surface area contributed by atoms with Gasteiger partial charge in [0.05, 0.1) is 4.92 Å². The second-order valence-corrected chi connectivity index (χ2v) is 4.82. The van der Waals surface area contributed by atoms with Gasteiger partial charge in [0.1, 0.15) is 0 Å². The van der Waals surface area contributed by atoms with Crippen LogP contribution < -0.4 is 5.32 Å². The Morgan fingerprint density at radius 1 is 1.20 bits per heavy atom. The number of nitro benzene ring substituents is 1. The minimum absolute atomic E-state index is 0.218. The molecule has 0 bridgehead atoms. The average Bonchev–Trinajstić information content (AvgIpc) is 2.46. The lowest BCUT2D eigenvalue weighted by Crippen LogP contribution is -2.33. The molecule has 0 fully saturated rings. The number of nitro groups is 1. The minimum atomic E-state index is -0.310. The van der Waals surface area contributed by atoms with Gasteiger partial charge < -0.3 is 10.2 Å². The van der Waals surface area contributed by atoms with E-state index >= 15 is 0 Å². The molecule has 1 rings (SSSR count). The molecule has 0 saturated heterocycles. The predicted molar refractivity (Wildman–Crippen MR) is 82.1 cm³/mol. The Kier molecular flexibility index (Phi) is 7.84. The lowest BCUT2D eigenvalue weighted by molar-refractivity contribution is -0.385. The molecule has 0 amide bonds. The van der Waals surface area contributed by atoms with Crippen LogP contribution in [-0.2, 0) is 6.42 Å². The topological polar surface area (TPSA) is 58.4 Å². The van der Waals surface area contributed by atoms with Gasteiger partial charge in [-0.05, 0) is 32.5 Å². The van der Waals surface area contributed by atoms with E-state index in [1.807, 2.05) is 12.1 Å². The van der Waals surface area contributed by atoms with Gasteiger partial charge in [0.2, 0.25) is 0 Å². The van der Waals surface area contributed by atoms with Crippen LogP contribution in [0.15, 0.2) is 24.3 Å². The normalized spacial score (nSPS) is 10.9. The van der Waals surface area contributed by atoms with Crippen LogP contribution in [-0.4, -0.2) is 42.5 Å². The quantitative estimate of drug-likeness (QED) is 0.406. The van der Waals surface area contributed by atoms with E-state index in [0.717, 1.165) is 38.3 Å². The predicted octanol–water partition coefficient (Wildman–Crippen LogP) is 2.46. The van der Waals surface area contributed by atoms with Crippen LogP contribution in [0.1, 0.15) is 25.8 Å². The molecule has 0 unspecified atom stereocenters. The number of nitrogens with zero attached hydrogens (tertiary/aromatic N) is 2. The molecular formula is C15H25N3O2. The third kappa shape index (κ3) is 5.67. The smallest absolute Gasteiger partial charge is 0.272 e. The van der Waals surface area contributed by atoms with Crippen molar-refractivity contribution in [1.82, 2.24) is 10.2 Å². The summed E-state index contributed by atoms with van der Waals surface area (Å²) < 4.78 is 0. The Balaban J connectivity index is 2.29. The third-order valence-corrected chi connectivity index (χ3v) is 3.35. The van der Waals surface area contributed by atoms with E-state index in [4.69, 9.17) is 0 Å². The van der Waals surface area contributed by atoms with Crippen molar-refractivity contribution in [2.75, 3.05) is 32.7 Å². The summed E-state index contributed by atoms with van der Waals surface area (Å²) in [6, 6.07) is 6.95. The van der Waals surface area contributed by atoms with E-state index in [1.54, 1.807) is 12.1 Å². The summed E-state index contributed by atoms with van der Waals surface area (Å²) in [6.45, 7) is 9.28. The van der Waals surface area contributed by atoms with E-state index in [9.17, 15) is 10.1 Å². The second-order valence-electron chi connectivity index (χ2n) is 4.82. The molecular weight excluding hydrogens is 254 g/mol. The summed E-state index contributed by atoms with van der Waals surface area (Å²) in [5, 5.41) is 14.2. The number of nitrogens with one attached hydrogen (secondary N) is 1. The summed E-state index contributed by atoms with van der Waals surface area (Å²) in [6.07, 6.45) is 1.86. The standard InChI is InChI=1S/C15H25N3O2/c1-3-12-17(4-2)13-11-16-10-9-14-7-5-6-8-15(14)18(19)20/h5-8,16H,3-4,9-13H2,1-2H3. The molecule has 0 spiro atoms. The van der Waals surface area contributed by atoms with Crippen LogP contribution in [0.25, 0.3) is 0 Å². The van der Waals surface area contributed by atoms with Crippen LogP contribution in [0.4, 0.5) is 5.69 Å². The first-order chi connectivity index (χ1) is 9.69. The summed E-state index contributed by atoms with van der Waals surface area (Å²) >= 11 is 0. The Labute approximate surface area is 121 Å². The summed E-state index contributed by atoms with van der Waals surface area (Å²) in [5.74, 6) is 0. The highest BCUT2D eigenvalue weighted by molar-refractivity contribution is 5.39. The summed E-state index contributed by atoms with van der Waals surface area (Å²) in [5.41, 5.74) is 1.02. The maximum atomic E-state index is 10.9. The van der Waals surface area contributed by atoms with Crippen LogP contribution in [0.5, 0.6) is 0 Å². The van der Waals surface area contributed by atoms with Gasteiger partial charge in [0, 0.05) is 24.7 Å². The molecule has 1 aromatic carbocycles. The van der Waals surface area contributed by atoms with Crippen molar-refractivity contribution < 1.29 is 4.92 Å². The zero-order chi connectivity index (χ0) is 14.8. The zero-order valence-electron chi connectivity index (χ0n) is 12.5. The SMILES string of the molecule is CCCN(CC)CCNCCc1ccccc1[N+](=O)[O-]. The van der Waals surface area contributed by atoms with Gasteiger partial charge in [-0.25, -0.2) is 0 Å². The molecule has 5 heteroatoms. The first-order valence-electron chi connectivity index (χ1n) is 7.34. The molecule has 0 saturated carbocycles. The molecule has 0 aromatic heterocycles. The molecule has 0 aliphatic carbocycles. The van der Waals surface area contributed by atoms with Crippen molar-refractivity contribution >= 4 is 5.69 Å². The molecule has 0 heterocycles. The number of hydrogen-bond donors (Lipinski definition) is 1. The summed E-state index contributed by atoms with van der Waals surface area (Å²) in [4.78, 5) is 13.0. The number of para-hydroxylation sites is 1. The Morgan fingerprint density at radius 3 is 2.60 bits per heavy atom. The number of rotatable bonds is 10. The fraction of sp³-hybridized carbons (Fsp3) is 0.600. The number of benzene rings is 1. The Bertz CT molecular complexity index is 410. The Hall–Kier alpha value is -1.46. The van der Waals surface area contributed by atoms with Gasteiger partial charge >= 0.3 is 0 Å². The van der Waals surface area contributed by atoms with Crippen molar-refractivity contribution in [3.05, 3.63) is 39.9 Å². The second kappa shape index (κ2) is 9.44. The summed E-state index contributed by atoms with van der Waals surface area (Å²) in [7, 11) is 0. The van der Waals surface area contributed by atoms with E-state index in [1.165, 1.54) is 6.42 Å². The van der Waals surface area contributed by atoms with Crippen molar-refractivity contribution in [3.8, 4) is 0 Å². The fourth-order valence-electron chi connectivity index (χ4n) is 2.23. The first kappa shape index (κ1) is 16.6. The lowest BCUT2D eigenvalue weighted by atomic mass is 10.1. The first-order valence-corrected chi connectivity index (χ1v) is 7.34. The van der Waals surface area contributed by atoms with Gasteiger partial charge in [-0.1, -0.05) is 32.0 Å². The van der Waals surface area contributed by atoms with Gasteiger partial charge in [-0.2, -0.15) is 0 Å². The molecule has 0 radical (unpaired) electrons.